The lowest BCUT2D eigenvalue weighted by molar-refractivity contribution is 0.362. The van der Waals surface area contributed by atoms with Crippen molar-refractivity contribution >= 4 is 26.2 Å². The zero-order valence-corrected chi connectivity index (χ0v) is 6.61. The fourth-order valence-electron chi connectivity index (χ4n) is 0.170. The summed E-state index contributed by atoms with van der Waals surface area (Å²) in [5.41, 5.74) is 0. The third kappa shape index (κ3) is 8.68. The van der Waals surface area contributed by atoms with E-state index in [1.54, 1.807) is 0 Å². The van der Waals surface area contributed by atoms with Crippen molar-refractivity contribution in [3.05, 3.63) is 0 Å². The maximum absolute atomic E-state index is 9.87. The number of nitrogens with one attached hydrogen (secondary N) is 1. The van der Waals surface area contributed by atoms with Crippen LogP contribution in [-0.2, 0) is 16.4 Å². The smallest absolute Gasteiger partial charge is 0.334 e. The highest BCUT2D eigenvalue weighted by Crippen LogP contribution is 2.44. The van der Waals surface area contributed by atoms with Gasteiger partial charge in [0.15, 0.2) is 0 Å². The molecular formula is H5NO5P2S. The van der Waals surface area contributed by atoms with Crippen molar-refractivity contribution in [2.75, 3.05) is 0 Å². The van der Waals surface area contributed by atoms with Crippen molar-refractivity contribution < 1.29 is 24.1 Å². The molecule has 0 saturated heterocycles. The van der Waals surface area contributed by atoms with Crippen molar-refractivity contribution in [1.29, 1.82) is 0 Å². The minimum atomic E-state index is -4.59. The van der Waals surface area contributed by atoms with Gasteiger partial charge in [0.25, 0.3) is 6.64 Å². The van der Waals surface area contributed by atoms with Crippen LogP contribution in [0.4, 0.5) is 0 Å². The monoisotopic (exact) mass is 193 g/mol. The molecule has 0 rings (SSSR count). The molecule has 0 spiro atoms. The summed E-state index contributed by atoms with van der Waals surface area (Å²) < 4.78 is 9.87. The summed E-state index contributed by atoms with van der Waals surface area (Å²) in [5, 5.41) is 0. The summed E-state index contributed by atoms with van der Waals surface area (Å²) in [7, 11) is -4.59. The molecule has 0 aromatic carbocycles. The summed E-state index contributed by atoms with van der Waals surface area (Å²) in [6.45, 7) is -3.97. The predicted molar refractivity (Wildman–Crippen MR) is 33.9 cm³/mol. The lowest BCUT2D eigenvalue weighted by Crippen LogP contribution is -2.04. The molecule has 0 bridgehead atoms. The Morgan fingerprint density at radius 1 is 1.22 bits per heavy atom. The molecule has 0 atom stereocenters. The van der Waals surface area contributed by atoms with E-state index in [0.29, 0.717) is 0 Å². The van der Waals surface area contributed by atoms with Crippen LogP contribution in [-0.4, -0.2) is 19.6 Å². The van der Waals surface area contributed by atoms with Gasteiger partial charge in [0, 0.05) is 0 Å². The fourth-order valence-corrected chi connectivity index (χ4v) is 2.48. The molecule has 0 saturated carbocycles. The van der Waals surface area contributed by atoms with E-state index in [-0.39, 0.29) is 0 Å². The molecule has 0 unspecified atom stereocenters. The van der Waals surface area contributed by atoms with Crippen LogP contribution in [0, 0.1) is 0 Å². The second-order valence-electron chi connectivity index (χ2n) is 1.19. The van der Waals surface area contributed by atoms with Gasteiger partial charge in [-0.05, 0) is 11.8 Å². The van der Waals surface area contributed by atoms with Gasteiger partial charge in [-0.25, -0.2) is 4.57 Å². The first kappa shape index (κ1) is 9.68. The predicted octanol–water partition coefficient (Wildman–Crippen LogP) is -1.12. The molecule has 9 heteroatoms. The van der Waals surface area contributed by atoms with Crippen LogP contribution >= 0.6 is 14.4 Å². The molecule has 0 aromatic heterocycles. The lowest BCUT2D eigenvalue weighted by atomic mass is 13.9. The van der Waals surface area contributed by atoms with Gasteiger partial charge in [-0.1, -0.05) is 0 Å². The van der Waals surface area contributed by atoms with Gasteiger partial charge < -0.3 is 19.6 Å². The first-order chi connectivity index (χ1) is 3.71. The first-order valence-corrected chi connectivity index (χ1v) is 5.93. The number of hydrogen-bond donors (Lipinski definition) is 5. The van der Waals surface area contributed by atoms with Crippen LogP contribution < -0.4 is 4.86 Å². The van der Waals surface area contributed by atoms with E-state index >= 15 is 0 Å². The fraction of sp³-hybridized carbons (Fsp3) is 0. The summed E-state index contributed by atoms with van der Waals surface area (Å²) in [6, 6.07) is 0. The molecule has 0 aromatic rings. The normalized spacial score (nSPS) is 13.8. The molecule has 56 valence electrons. The van der Waals surface area contributed by atoms with Crippen LogP contribution in [0.2, 0.25) is 0 Å². The molecule has 0 aliphatic heterocycles. The van der Waals surface area contributed by atoms with Crippen LogP contribution in [0.15, 0.2) is 0 Å². The van der Waals surface area contributed by atoms with E-state index in [1.807, 2.05) is 0 Å². The average Bonchev–Trinajstić information content (AvgIpc) is 1.14. The van der Waals surface area contributed by atoms with Crippen molar-refractivity contribution in [2.24, 2.45) is 0 Å². The summed E-state index contributed by atoms with van der Waals surface area (Å²) >= 11 is 3.85. The topological polar surface area (TPSA) is 110 Å². The number of rotatable bonds is 2. The third-order valence-corrected chi connectivity index (χ3v) is 3.08. The Hall–Kier alpha value is 0.680. The SMILES string of the molecule is O=P(O)(O)NP(O)(O)=S. The van der Waals surface area contributed by atoms with Gasteiger partial charge >= 0.3 is 7.75 Å². The second kappa shape index (κ2) is 2.74. The standard InChI is InChI=1S/H5NO5P2S/c2-7(3,4)1-8(5,6)9/h(H5,1,2,3,4,5,6,9). The van der Waals surface area contributed by atoms with Crippen LogP contribution in [0.25, 0.3) is 0 Å². The molecule has 0 aliphatic rings. The largest absolute Gasteiger partial charge is 0.407 e. The van der Waals surface area contributed by atoms with Crippen LogP contribution in [0.5, 0.6) is 0 Å². The molecular weight excluding hydrogens is 188 g/mol. The van der Waals surface area contributed by atoms with E-state index in [2.05, 4.69) is 11.8 Å². The molecule has 9 heavy (non-hydrogen) atoms. The van der Waals surface area contributed by atoms with E-state index < -0.39 is 14.4 Å². The Bertz CT molecular complexity index is 155. The summed E-state index contributed by atoms with van der Waals surface area (Å²) in [5.74, 6) is 0. The molecule has 5 N–H and O–H groups in total. The minimum absolute atomic E-state index is 1.16. The van der Waals surface area contributed by atoms with E-state index in [9.17, 15) is 4.57 Å². The van der Waals surface area contributed by atoms with E-state index in [4.69, 9.17) is 19.6 Å². The van der Waals surface area contributed by atoms with E-state index in [1.165, 1.54) is 0 Å². The minimum Gasteiger partial charge on any atom is -0.334 e. The van der Waals surface area contributed by atoms with Gasteiger partial charge in [-0.3, -0.25) is 0 Å². The Labute approximate surface area is 56.0 Å². The van der Waals surface area contributed by atoms with Crippen molar-refractivity contribution in [2.45, 2.75) is 0 Å². The van der Waals surface area contributed by atoms with Gasteiger partial charge in [-0.2, -0.15) is 0 Å². The van der Waals surface area contributed by atoms with Gasteiger partial charge in [0.1, 0.15) is 0 Å². The first-order valence-electron chi connectivity index (χ1n) is 1.61. The molecule has 0 amide bonds. The Kier molecular flexibility index (Phi) is 2.94. The molecule has 0 heterocycles. The highest BCUT2D eigenvalue weighted by atomic mass is 32.5. The quantitative estimate of drug-likeness (QED) is 0.353. The lowest BCUT2D eigenvalue weighted by Gasteiger charge is -2.09. The molecule has 0 radical (unpaired) electrons. The maximum Gasteiger partial charge on any atom is 0.407 e. The Balaban J connectivity index is 4.07. The van der Waals surface area contributed by atoms with Gasteiger partial charge in [0.2, 0.25) is 0 Å². The van der Waals surface area contributed by atoms with Gasteiger partial charge in [-0.15, -0.1) is 4.86 Å². The zero-order valence-electron chi connectivity index (χ0n) is 4.00. The molecule has 0 aliphatic carbocycles. The Morgan fingerprint density at radius 2 is 1.56 bits per heavy atom. The summed E-state index contributed by atoms with van der Waals surface area (Å²) in [6.07, 6.45) is 0. The maximum atomic E-state index is 9.87. The van der Waals surface area contributed by atoms with Crippen molar-refractivity contribution in [1.82, 2.24) is 4.86 Å². The molecule has 6 nitrogen and oxygen atoms in total. The average molecular weight is 193 g/mol. The van der Waals surface area contributed by atoms with Crippen LogP contribution in [0.3, 0.4) is 0 Å². The van der Waals surface area contributed by atoms with Crippen molar-refractivity contribution in [3.8, 4) is 0 Å². The Morgan fingerprint density at radius 3 is 1.56 bits per heavy atom. The molecule has 0 fully saturated rings. The van der Waals surface area contributed by atoms with E-state index in [0.717, 1.165) is 4.86 Å². The highest BCUT2D eigenvalue weighted by molar-refractivity contribution is 8.09. The second-order valence-corrected chi connectivity index (χ2v) is 5.69. The van der Waals surface area contributed by atoms with Crippen LogP contribution in [0.1, 0.15) is 0 Å². The summed E-state index contributed by atoms with van der Waals surface area (Å²) in [4.78, 5) is 33.6. The highest BCUT2D eigenvalue weighted by Gasteiger charge is 2.20. The zero-order chi connectivity index (χ0) is 7.71. The third-order valence-electron chi connectivity index (χ3n) is 0.261. The number of hydrogen-bond acceptors (Lipinski definition) is 2. The van der Waals surface area contributed by atoms with Gasteiger partial charge in [0.05, 0.1) is 0 Å². The van der Waals surface area contributed by atoms with Crippen molar-refractivity contribution in [3.63, 3.8) is 0 Å².